The molecule has 2 aromatic rings. The van der Waals surface area contributed by atoms with Gasteiger partial charge in [-0.25, -0.2) is 4.39 Å². The summed E-state index contributed by atoms with van der Waals surface area (Å²) in [4.78, 5) is 12.3. The maximum Gasteiger partial charge on any atom is 0.254 e. The first-order valence-electron chi connectivity index (χ1n) is 6.84. The molecule has 2 nitrogen and oxygen atoms in total. The number of nitrogens with one attached hydrogen (secondary N) is 1. The Hall–Kier alpha value is -1.68. The lowest BCUT2D eigenvalue weighted by molar-refractivity contribution is 0.0931. The van der Waals surface area contributed by atoms with E-state index < -0.39 is 5.82 Å². The molecule has 0 bridgehead atoms. The number of hydrogen-bond acceptors (Lipinski definition) is 1. The Bertz CT molecular complexity index is 640. The maximum atomic E-state index is 14.0. The topological polar surface area (TPSA) is 29.1 Å². The first kappa shape index (κ1) is 15.7. The molecule has 1 atom stereocenters. The number of carbonyl (C=O) groups is 1. The molecule has 0 radical (unpaired) electrons. The number of hydrogen-bond donors (Lipinski definition) is 1. The molecule has 0 spiro atoms. The molecule has 0 aliphatic heterocycles. The summed E-state index contributed by atoms with van der Waals surface area (Å²) in [7, 11) is 0. The van der Waals surface area contributed by atoms with Crippen molar-refractivity contribution in [3.05, 3.63) is 69.4 Å². The molecule has 2 rings (SSSR count). The normalized spacial score (nSPS) is 12.0. The van der Waals surface area contributed by atoms with Crippen LogP contribution in [0.1, 0.15) is 40.9 Å². The minimum absolute atomic E-state index is 0.0885. The summed E-state index contributed by atoms with van der Waals surface area (Å²) in [6, 6.07) is 12.5. The molecule has 1 amide bonds. The SMILES string of the molecule is CCC(NC(=O)c1cccc(C)c1F)c1ccc(Br)cc1. The molecule has 0 heterocycles. The van der Waals surface area contributed by atoms with E-state index in [1.807, 2.05) is 31.2 Å². The summed E-state index contributed by atoms with van der Waals surface area (Å²) in [5, 5.41) is 2.89. The molecule has 1 unspecified atom stereocenters. The molecule has 0 aliphatic carbocycles. The van der Waals surface area contributed by atoms with E-state index in [1.54, 1.807) is 19.1 Å². The lowest BCUT2D eigenvalue weighted by Crippen LogP contribution is -2.29. The molecule has 1 N–H and O–H groups in total. The van der Waals surface area contributed by atoms with Gasteiger partial charge in [0.1, 0.15) is 5.82 Å². The van der Waals surface area contributed by atoms with Crippen LogP contribution < -0.4 is 5.32 Å². The summed E-state index contributed by atoms with van der Waals surface area (Å²) in [5.41, 5.74) is 1.56. The molecule has 4 heteroatoms. The fourth-order valence-electron chi connectivity index (χ4n) is 2.17. The molecule has 0 saturated heterocycles. The zero-order valence-electron chi connectivity index (χ0n) is 12.0. The van der Waals surface area contributed by atoms with Crippen molar-refractivity contribution in [3.63, 3.8) is 0 Å². The van der Waals surface area contributed by atoms with Gasteiger partial charge in [0.15, 0.2) is 0 Å². The second-order valence-corrected chi connectivity index (χ2v) is 5.84. The molecule has 0 saturated carbocycles. The Morgan fingerprint density at radius 2 is 1.90 bits per heavy atom. The Balaban J connectivity index is 2.20. The van der Waals surface area contributed by atoms with Gasteiger partial charge in [-0.3, -0.25) is 4.79 Å². The summed E-state index contributed by atoms with van der Waals surface area (Å²) >= 11 is 3.38. The number of carbonyl (C=O) groups excluding carboxylic acids is 1. The zero-order chi connectivity index (χ0) is 15.4. The van der Waals surface area contributed by atoms with Gasteiger partial charge in [0.25, 0.3) is 5.91 Å². The molecular weight excluding hydrogens is 333 g/mol. The van der Waals surface area contributed by atoms with Crippen molar-refractivity contribution in [3.8, 4) is 0 Å². The van der Waals surface area contributed by atoms with Crippen LogP contribution in [0.3, 0.4) is 0 Å². The molecule has 0 fully saturated rings. The van der Waals surface area contributed by atoms with Crippen molar-refractivity contribution in [2.75, 3.05) is 0 Å². The molecule has 21 heavy (non-hydrogen) atoms. The van der Waals surface area contributed by atoms with E-state index in [-0.39, 0.29) is 17.5 Å². The van der Waals surface area contributed by atoms with Crippen molar-refractivity contribution in [2.45, 2.75) is 26.3 Å². The van der Waals surface area contributed by atoms with Gasteiger partial charge in [-0.15, -0.1) is 0 Å². The number of aryl methyl sites for hydroxylation is 1. The summed E-state index contributed by atoms with van der Waals surface area (Å²) in [6.45, 7) is 3.64. The van der Waals surface area contributed by atoms with Gasteiger partial charge >= 0.3 is 0 Å². The van der Waals surface area contributed by atoms with Gasteiger partial charge in [0.05, 0.1) is 11.6 Å². The monoisotopic (exact) mass is 349 g/mol. The minimum atomic E-state index is -0.458. The molecular formula is C17H17BrFNO. The zero-order valence-corrected chi connectivity index (χ0v) is 13.6. The maximum absolute atomic E-state index is 14.0. The first-order chi connectivity index (χ1) is 10.0. The van der Waals surface area contributed by atoms with Crippen LogP contribution in [0.4, 0.5) is 4.39 Å². The van der Waals surface area contributed by atoms with Crippen molar-refractivity contribution < 1.29 is 9.18 Å². The van der Waals surface area contributed by atoms with Crippen LogP contribution in [0.25, 0.3) is 0 Å². The Kier molecular flexibility index (Phi) is 5.12. The van der Waals surface area contributed by atoms with E-state index in [0.717, 1.165) is 16.5 Å². The predicted octanol–water partition coefficient (Wildman–Crippen LogP) is 4.78. The highest BCUT2D eigenvalue weighted by molar-refractivity contribution is 9.10. The van der Waals surface area contributed by atoms with E-state index in [2.05, 4.69) is 21.2 Å². The van der Waals surface area contributed by atoms with E-state index in [0.29, 0.717) is 5.56 Å². The second kappa shape index (κ2) is 6.85. The predicted molar refractivity (Wildman–Crippen MR) is 85.8 cm³/mol. The molecule has 0 aliphatic rings. The quantitative estimate of drug-likeness (QED) is 0.845. The van der Waals surface area contributed by atoms with Gasteiger partial charge in [-0.1, -0.05) is 47.1 Å². The van der Waals surface area contributed by atoms with Crippen molar-refractivity contribution in [2.24, 2.45) is 0 Å². The van der Waals surface area contributed by atoms with Crippen LogP contribution in [0.15, 0.2) is 46.9 Å². The van der Waals surface area contributed by atoms with Crippen LogP contribution in [0, 0.1) is 12.7 Å². The average molecular weight is 350 g/mol. The third kappa shape index (κ3) is 3.70. The largest absolute Gasteiger partial charge is 0.345 e. The van der Waals surface area contributed by atoms with Crippen LogP contribution >= 0.6 is 15.9 Å². The van der Waals surface area contributed by atoms with Crippen LogP contribution in [0.2, 0.25) is 0 Å². The fraction of sp³-hybridized carbons (Fsp3) is 0.235. The second-order valence-electron chi connectivity index (χ2n) is 4.92. The smallest absolute Gasteiger partial charge is 0.254 e. The standard InChI is InChI=1S/C17H17BrFNO/c1-3-15(12-7-9-13(18)10-8-12)20-17(21)14-6-4-5-11(2)16(14)19/h4-10,15H,3H2,1-2H3,(H,20,21). The lowest BCUT2D eigenvalue weighted by atomic mass is 10.0. The lowest BCUT2D eigenvalue weighted by Gasteiger charge is -2.18. The van der Waals surface area contributed by atoms with Gasteiger partial charge < -0.3 is 5.32 Å². The average Bonchev–Trinajstić information content (AvgIpc) is 2.48. The number of halogens is 2. The fourth-order valence-corrected chi connectivity index (χ4v) is 2.44. The Morgan fingerprint density at radius 1 is 1.24 bits per heavy atom. The van der Waals surface area contributed by atoms with Crippen LogP contribution in [-0.4, -0.2) is 5.91 Å². The Morgan fingerprint density at radius 3 is 2.52 bits per heavy atom. The van der Waals surface area contributed by atoms with Crippen molar-refractivity contribution in [1.82, 2.24) is 5.32 Å². The first-order valence-corrected chi connectivity index (χ1v) is 7.63. The third-order valence-corrected chi connectivity index (χ3v) is 3.95. The number of amides is 1. The summed E-state index contributed by atoms with van der Waals surface area (Å²) in [6.07, 6.45) is 0.737. The molecule has 110 valence electrons. The van der Waals surface area contributed by atoms with E-state index >= 15 is 0 Å². The molecule has 0 aromatic heterocycles. The van der Waals surface area contributed by atoms with Gasteiger partial charge in [0, 0.05) is 4.47 Å². The van der Waals surface area contributed by atoms with Crippen LogP contribution in [0.5, 0.6) is 0 Å². The van der Waals surface area contributed by atoms with Crippen LogP contribution in [-0.2, 0) is 0 Å². The Labute approximate surface area is 132 Å². The summed E-state index contributed by atoms with van der Waals surface area (Å²) < 4.78 is 15.0. The van der Waals surface area contributed by atoms with Gasteiger partial charge in [-0.05, 0) is 42.7 Å². The van der Waals surface area contributed by atoms with Crippen molar-refractivity contribution in [1.29, 1.82) is 0 Å². The minimum Gasteiger partial charge on any atom is -0.345 e. The van der Waals surface area contributed by atoms with E-state index in [4.69, 9.17) is 0 Å². The highest BCUT2D eigenvalue weighted by Gasteiger charge is 2.17. The van der Waals surface area contributed by atoms with E-state index in [9.17, 15) is 9.18 Å². The third-order valence-electron chi connectivity index (χ3n) is 3.42. The van der Waals surface area contributed by atoms with E-state index in [1.165, 1.54) is 6.07 Å². The van der Waals surface area contributed by atoms with Crippen molar-refractivity contribution >= 4 is 21.8 Å². The highest BCUT2D eigenvalue weighted by atomic mass is 79.9. The summed E-state index contributed by atoms with van der Waals surface area (Å²) in [5.74, 6) is -0.841. The number of benzene rings is 2. The highest BCUT2D eigenvalue weighted by Crippen LogP contribution is 2.21. The molecule has 2 aromatic carbocycles. The van der Waals surface area contributed by atoms with Gasteiger partial charge in [-0.2, -0.15) is 0 Å². The number of rotatable bonds is 4. The van der Waals surface area contributed by atoms with Gasteiger partial charge in [0.2, 0.25) is 0 Å².